The van der Waals surface area contributed by atoms with Gasteiger partial charge in [-0.1, -0.05) is 17.7 Å². The lowest BCUT2D eigenvalue weighted by Gasteiger charge is -2.24. The fourth-order valence-corrected chi connectivity index (χ4v) is 2.51. The van der Waals surface area contributed by atoms with Crippen molar-refractivity contribution < 1.29 is 18.5 Å². The maximum atomic E-state index is 13.4. The summed E-state index contributed by atoms with van der Waals surface area (Å²) >= 11 is 5.73. The van der Waals surface area contributed by atoms with E-state index in [2.05, 4.69) is 5.32 Å². The Balaban J connectivity index is 2.03. The van der Waals surface area contributed by atoms with Gasteiger partial charge in [0.2, 0.25) is 5.91 Å². The second-order valence-corrected chi connectivity index (χ2v) is 6.14. The number of carbonyl (C=O) groups is 1. The van der Waals surface area contributed by atoms with Gasteiger partial charge in [-0.2, -0.15) is 0 Å². The van der Waals surface area contributed by atoms with Crippen LogP contribution in [0.3, 0.4) is 0 Å². The van der Waals surface area contributed by atoms with Crippen LogP contribution in [0.25, 0.3) is 0 Å². The Morgan fingerprint density at radius 2 is 1.96 bits per heavy atom. The first-order valence-corrected chi connectivity index (χ1v) is 7.96. The molecular formula is C17H16ClF2N3O3. The van der Waals surface area contributed by atoms with Gasteiger partial charge in [-0.3, -0.25) is 19.8 Å². The van der Waals surface area contributed by atoms with Gasteiger partial charge in [0, 0.05) is 17.8 Å². The fourth-order valence-electron chi connectivity index (χ4n) is 2.32. The molecule has 1 atom stereocenters. The lowest BCUT2D eigenvalue weighted by molar-refractivity contribution is -0.384. The molecule has 0 saturated heterocycles. The van der Waals surface area contributed by atoms with Crippen LogP contribution in [0, 0.1) is 21.7 Å². The normalized spacial score (nSPS) is 12.1. The van der Waals surface area contributed by atoms with Crippen molar-refractivity contribution in [3.8, 4) is 0 Å². The minimum Gasteiger partial charge on any atom is -0.325 e. The number of carbonyl (C=O) groups excluding carboxylic acids is 1. The number of likely N-dealkylation sites (N-methyl/N-ethyl adjacent to an activating group) is 1. The van der Waals surface area contributed by atoms with Gasteiger partial charge in [0.05, 0.1) is 11.5 Å². The van der Waals surface area contributed by atoms with Crippen LogP contribution in [0.1, 0.15) is 18.5 Å². The number of amides is 1. The maximum absolute atomic E-state index is 13.4. The zero-order valence-corrected chi connectivity index (χ0v) is 14.8. The van der Waals surface area contributed by atoms with Gasteiger partial charge in [-0.15, -0.1) is 0 Å². The predicted octanol–water partition coefficient (Wildman–Crippen LogP) is 4.16. The van der Waals surface area contributed by atoms with Crippen molar-refractivity contribution in [1.29, 1.82) is 0 Å². The molecule has 0 aromatic heterocycles. The van der Waals surface area contributed by atoms with Crippen molar-refractivity contribution in [2.75, 3.05) is 18.9 Å². The third-order valence-corrected chi connectivity index (χ3v) is 4.23. The average molecular weight is 384 g/mol. The Hall–Kier alpha value is -2.58. The van der Waals surface area contributed by atoms with Crippen LogP contribution < -0.4 is 5.32 Å². The molecule has 0 spiro atoms. The number of nitro groups is 1. The van der Waals surface area contributed by atoms with Gasteiger partial charge >= 0.3 is 0 Å². The van der Waals surface area contributed by atoms with Gasteiger partial charge in [-0.25, -0.2) is 8.78 Å². The standard InChI is InChI=1S/C17H16ClF2N3O3/c1-10(11-3-6-14(19)15(20)7-11)22(2)9-17(24)21-12-4-5-13(18)16(8-12)23(25)26/h3-8,10H,9H2,1-2H3,(H,21,24). The largest absolute Gasteiger partial charge is 0.325 e. The summed E-state index contributed by atoms with van der Waals surface area (Å²) < 4.78 is 26.4. The number of hydrogen-bond acceptors (Lipinski definition) is 4. The van der Waals surface area contributed by atoms with E-state index in [4.69, 9.17) is 11.6 Å². The van der Waals surface area contributed by atoms with Crippen molar-refractivity contribution >= 4 is 28.9 Å². The van der Waals surface area contributed by atoms with Crippen LogP contribution in [-0.4, -0.2) is 29.3 Å². The molecule has 0 heterocycles. The molecule has 1 N–H and O–H groups in total. The van der Waals surface area contributed by atoms with Crippen molar-refractivity contribution in [3.05, 3.63) is 68.7 Å². The van der Waals surface area contributed by atoms with Crippen LogP contribution in [0.2, 0.25) is 5.02 Å². The van der Waals surface area contributed by atoms with Crippen molar-refractivity contribution in [1.82, 2.24) is 4.90 Å². The SMILES string of the molecule is CC(c1ccc(F)c(F)c1)N(C)CC(=O)Nc1ccc(Cl)c([N+](=O)[O-])c1. The molecule has 2 aromatic rings. The van der Waals surface area contributed by atoms with Gasteiger partial charge in [0.1, 0.15) is 5.02 Å². The predicted molar refractivity (Wildman–Crippen MR) is 94.1 cm³/mol. The molecule has 26 heavy (non-hydrogen) atoms. The highest BCUT2D eigenvalue weighted by Gasteiger charge is 2.18. The highest BCUT2D eigenvalue weighted by atomic mass is 35.5. The minimum atomic E-state index is -0.958. The van der Waals surface area contributed by atoms with E-state index in [1.54, 1.807) is 18.9 Å². The first-order valence-electron chi connectivity index (χ1n) is 7.58. The molecule has 0 aliphatic carbocycles. The van der Waals surface area contributed by atoms with Crippen LogP contribution in [-0.2, 0) is 4.79 Å². The second-order valence-electron chi connectivity index (χ2n) is 5.74. The monoisotopic (exact) mass is 383 g/mol. The molecule has 9 heteroatoms. The summed E-state index contributed by atoms with van der Waals surface area (Å²) in [4.78, 5) is 24.0. The van der Waals surface area contributed by atoms with Gasteiger partial charge < -0.3 is 5.32 Å². The number of nitrogens with one attached hydrogen (secondary N) is 1. The average Bonchev–Trinajstić information content (AvgIpc) is 2.58. The number of benzene rings is 2. The van der Waals surface area contributed by atoms with Gasteiger partial charge in [0.25, 0.3) is 5.69 Å². The molecule has 2 aromatic carbocycles. The number of anilines is 1. The van der Waals surface area contributed by atoms with E-state index in [-0.39, 0.29) is 29.0 Å². The quantitative estimate of drug-likeness (QED) is 0.600. The number of nitro benzene ring substituents is 1. The Morgan fingerprint density at radius 3 is 2.58 bits per heavy atom. The van der Waals surface area contributed by atoms with Crippen molar-refractivity contribution in [3.63, 3.8) is 0 Å². The summed E-state index contributed by atoms with van der Waals surface area (Å²) in [5.41, 5.74) is 0.439. The molecule has 138 valence electrons. The second kappa shape index (κ2) is 8.20. The summed E-state index contributed by atoms with van der Waals surface area (Å²) in [7, 11) is 1.65. The number of hydrogen-bond donors (Lipinski definition) is 1. The summed E-state index contributed by atoms with van der Waals surface area (Å²) in [6.07, 6.45) is 0. The highest BCUT2D eigenvalue weighted by Crippen LogP contribution is 2.27. The van der Waals surface area contributed by atoms with Crippen LogP contribution >= 0.6 is 11.6 Å². The highest BCUT2D eigenvalue weighted by molar-refractivity contribution is 6.32. The van der Waals surface area contributed by atoms with Crippen LogP contribution in [0.4, 0.5) is 20.2 Å². The van der Waals surface area contributed by atoms with E-state index in [1.807, 2.05) is 0 Å². The number of halogens is 3. The first-order chi connectivity index (χ1) is 12.2. The molecule has 0 bridgehead atoms. The zero-order chi connectivity index (χ0) is 19.4. The zero-order valence-electron chi connectivity index (χ0n) is 14.0. The molecule has 1 unspecified atom stereocenters. The molecule has 0 aliphatic rings. The van der Waals surface area contributed by atoms with Gasteiger partial charge in [0.15, 0.2) is 11.6 Å². The lowest BCUT2D eigenvalue weighted by Crippen LogP contribution is -2.32. The molecule has 0 aliphatic heterocycles. The minimum absolute atomic E-state index is 0.0305. The van der Waals surface area contributed by atoms with E-state index in [0.29, 0.717) is 5.56 Å². The smallest absolute Gasteiger partial charge is 0.289 e. The molecule has 0 saturated carbocycles. The fraction of sp³-hybridized carbons (Fsp3) is 0.235. The van der Waals surface area contributed by atoms with Crippen LogP contribution in [0.5, 0.6) is 0 Å². The van der Waals surface area contributed by atoms with E-state index >= 15 is 0 Å². The summed E-state index contributed by atoms with van der Waals surface area (Å²) in [5, 5.41) is 13.4. The lowest BCUT2D eigenvalue weighted by atomic mass is 10.1. The molecule has 6 nitrogen and oxygen atoms in total. The van der Waals surface area contributed by atoms with Gasteiger partial charge in [-0.05, 0) is 43.8 Å². The van der Waals surface area contributed by atoms with E-state index < -0.39 is 22.5 Å². The molecule has 0 fully saturated rings. The Morgan fingerprint density at radius 1 is 1.27 bits per heavy atom. The maximum Gasteiger partial charge on any atom is 0.289 e. The Labute approximate surface area is 153 Å². The van der Waals surface area contributed by atoms with E-state index in [0.717, 1.165) is 12.1 Å². The third-order valence-electron chi connectivity index (χ3n) is 3.91. The van der Waals surface area contributed by atoms with E-state index in [1.165, 1.54) is 24.3 Å². The van der Waals surface area contributed by atoms with Crippen molar-refractivity contribution in [2.24, 2.45) is 0 Å². The Bertz CT molecular complexity index is 848. The molecular weight excluding hydrogens is 368 g/mol. The topological polar surface area (TPSA) is 75.5 Å². The van der Waals surface area contributed by atoms with Crippen molar-refractivity contribution in [2.45, 2.75) is 13.0 Å². The third kappa shape index (κ3) is 4.74. The number of nitrogens with zero attached hydrogens (tertiary/aromatic N) is 2. The Kier molecular flexibility index (Phi) is 6.23. The molecule has 0 radical (unpaired) electrons. The first kappa shape index (κ1) is 19.7. The summed E-state index contributed by atoms with van der Waals surface area (Å²) in [6, 6.07) is 7.14. The summed E-state index contributed by atoms with van der Waals surface area (Å²) in [5.74, 6) is -2.31. The molecule has 1 amide bonds. The van der Waals surface area contributed by atoms with E-state index in [9.17, 15) is 23.7 Å². The summed E-state index contributed by atoms with van der Waals surface area (Å²) in [6.45, 7) is 1.68. The number of rotatable bonds is 6. The molecule has 2 rings (SSSR count). The van der Waals surface area contributed by atoms with Crippen LogP contribution in [0.15, 0.2) is 36.4 Å².